The second-order valence-electron chi connectivity index (χ2n) is 6.59. The quantitative estimate of drug-likeness (QED) is 0.706. The maximum atomic E-state index is 12.9. The van der Waals surface area contributed by atoms with Gasteiger partial charge in [0.2, 0.25) is 0 Å². The first kappa shape index (κ1) is 18.1. The smallest absolute Gasteiger partial charge is 0.320 e. The molecule has 0 saturated carbocycles. The number of anilines is 1. The zero-order chi connectivity index (χ0) is 19.7. The first-order chi connectivity index (χ1) is 13.4. The van der Waals surface area contributed by atoms with E-state index in [1.165, 1.54) is 34.8 Å². The normalized spacial score (nSPS) is 13.9. The zero-order valence-electron chi connectivity index (χ0n) is 14.8. The standard InChI is InChI=1S/C20H17F3N4O/c21-20(22,23)16-6-3-7-18(10-16)27-13-17(11-24-27)25-19(28)26-9-8-14-4-1-2-5-15(14)12-26/h1-7,10-11,13H,8-9,12H2,(H,25,28). The molecule has 0 unspecified atom stereocenters. The molecule has 2 heterocycles. The summed E-state index contributed by atoms with van der Waals surface area (Å²) in [7, 11) is 0. The average molecular weight is 386 g/mol. The fraction of sp³-hybridized carbons (Fsp3) is 0.200. The number of hydrogen-bond acceptors (Lipinski definition) is 2. The summed E-state index contributed by atoms with van der Waals surface area (Å²) in [5, 5.41) is 6.82. The number of rotatable bonds is 2. The molecule has 1 N–H and O–H groups in total. The van der Waals surface area contributed by atoms with E-state index >= 15 is 0 Å². The molecule has 0 radical (unpaired) electrons. The van der Waals surface area contributed by atoms with Crippen molar-refractivity contribution in [2.45, 2.75) is 19.1 Å². The summed E-state index contributed by atoms with van der Waals surface area (Å²) in [5.74, 6) is 0. The van der Waals surface area contributed by atoms with Crippen LogP contribution in [0.5, 0.6) is 0 Å². The van der Waals surface area contributed by atoms with E-state index in [1.54, 1.807) is 4.90 Å². The molecule has 0 saturated heterocycles. The second-order valence-corrected chi connectivity index (χ2v) is 6.59. The molecule has 5 nitrogen and oxygen atoms in total. The molecule has 144 valence electrons. The van der Waals surface area contributed by atoms with Gasteiger partial charge in [0.15, 0.2) is 0 Å². The van der Waals surface area contributed by atoms with Gasteiger partial charge in [-0.15, -0.1) is 0 Å². The lowest BCUT2D eigenvalue weighted by molar-refractivity contribution is -0.137. The number of halogens is 3. The van der Waals surface area contributed by atoms with Crippen molar-refractivity contribution in [2.24, 2.45) is 0 Å². The highest BCUT2D eigenvalue weighted by Gasteiger charge is 2.30. The van der Waals surface area contributed by atoms with E-state index in [2.05, 4.69) is 16.5 Å². The SMILES string of the molecule is O=C(Nc1cnn(-c2cccc(C(F)(F)F)c2)c1)N1CCc2ccccc2C1. The van der Waals surface area contributed by atoms with Gasteiger partial charge in [-0.1, -0.05) is 30.3 Å². The topological polar surface area (TPSA) is 50.2 Å². The number of hydrogen-bond donors (Lipinski definition) is 1. The molecule has 0 spiro atoms. The zero-order valence-corrected chi connectivity index (χ0v) is 14.8. The van der Waals surface area contributed by atoms with Crippen molar-refractivity contribution >= 4 is 11.7 Å². The van der Waals surface area contributed by atoms with Crippen molar-refractivity contribution in [2.75, 3.05) is 11.9 Å². The molecule has 1 aromatic heterocycles. The first-order valence-corrected chi connectivity index (χ1v) is 8.75. The van der Waals surface area contributed by atoms with E-state index < -0.39 is 11.7 Å². The van der Waals surface area contributed by atoms with E-state index in [0.29, 0.717) is 18.8 Å². The third kappa shape index (κ3) is 3.71. The molecule has 2 aromatic carbocycles. The molecule has 1 aliphatic rings. The molecule has 4 rings (SSSR count). The molecule has 8 heteroatoms. The highest BCUT2D eigenvalue weighted by Crippen LogP contribution is 2.30. The van der Waals surface area contributed by atoms with Crippen LogP contribution in [-0.4, -0.2) is 27.3 Å². The van der Waals surface area contributed by atoms with Gasteiger partial charge in [0.1, 0.15) is 0 Å². The van der Waals surface area contributed by atoms with Crippen LogP contribution in [0.1, 0.15) is 16.7 Å². The van der Waals surface area contributed by atoms with Crippen LogP contribution in [-0.2, 0) is 19.1 Å². The highest BCUT2D eigenvalue weighted by atomic mass is 19.4. The summed E-state index contributed by atoms with van der Waals surface area (Å²) < 4.78 is 39.9. The van der Waals surface area contributed by atoms with Gasteiger partial charge in [-0.25, -0.2) is 9.48 Å². The molecular weight excluding hydrogens is 369 g/mol. The van der Waals surface area contributed by atoms with Crippen LogP contribution in [0.2, 0.25) is 0 Å². The van der Waals surface area contributed by atoms with Gasteiger partial charge in [0, 0.05) is 13.1 Å². The van der Waals surface area contributed by atoms with E-state index in [-0.39, 0.29) is 11.7 Å². The van der Waals surface area contributed by atoms with E-state index in [4.69, 9.17) is 0 Å². The summed E-state index contributed by atoms with van der Waals surface area (Å²) in [5.41, 5.74) is 2.29. The Labute approximate surface area is 159 Å². The van der Waals surface area contributed by atoms with E-state index in [9.17, 15) is 18.0 Å². The second kappa shape index (κ2) is 7.03. The van der Waals surface area contributed by atoms with Crippen LogP contribution in [0.4, 0.5) is 23.7 Å². The number of carbonyl (C=O) groups excluding carboxylic acids is 1. The number of nitrogens with zero attached hydrogens (tertiary/aromatic N) is 3. The predicted molar refractivity (Wildman–Crippen MR) is 98.1 cm³/mol. The largest absolute Gasteiger partial charge is 0.416 e. The predicted octanol–water partition coefficient (Wildman–Crippen LogP) is 4.48. The maximum absolute atomic E-state index is 12.9. The highest BCUT2D eigenvalue weighted by molar-refractivity contribution is 5.89. The fourth-order valence-electron chi connectivity index (χ4n) is 3.22. The number of benzene rings is 2. The Kier molecular flexibility index (Phi) is 4.54. The average Bonchev–Trinajstić information content (AvgIpc) is 3.15. The van der Waals surface area contributed by atoms with Crippen LogP contribution < -0.4 is 5.32 Å². The molecule has 0 atom stereocenters. The molecule has 3 aromatic rings. The fourth-order valence-corrected chi connectivity index (χ4v) is 3.22. The Balaban J connectivity index is 1.46. The van der Waals surface area contributed by atoms with Crippen molar-refractivity contribution in [3.8, 4) is 5.69 Å². The Bertz CT molecular complexity index is 1010. The van der Waals surface area contributed by atoms with Crippen LogP contribution in [0.25, 0.3) is 5.69 Å². The molecule has 0 aliphatic carbocycles. The van der Waals surface area contributed by atoms with Gasteiger partial charge in [0.25, 0.3) is 0 Å². The van der Waals surface area contributed by atoms with Crippen molar-refractivity contribution in [1.82, 2.24) is 14.7 Å². The third-order valence-electron chi connectivity index (χ3n) is 4.69. The molecule has 1 aliphatic heterocycles. The Morgan fingerprint density at radius 2 is 1.86 bits per heavy atom. The number of alkyl halides is 3. The Hall–Kier alpha value is -3.29. The molecular formula is C20H17F3N4O. The summed E-state index contributed by atoms with van der Waals surface area (Å²) in [6.45, 7) is 1.12. The Morgan fingerprint density at radius 3 is 2.64 bits per heavy atom. The van der Waals surface area contributed by atoms with Gasteiger partial charge < -0.3 is 10.2 Å². The van der Waals surface area contributed by atoms with Crippen LogP contribution in [0.15, 0.2) is 60.9 Å². The number of nitrogens with one attached hydrogen (secondary N) is 1. The van der Waals surface area contributed by atoms with E-state index in [0.717, 1.165) is 24.1 Å². The van der Waals surface area contributed by atoms with Crippen molar-refractivity contribution in [3.63, 3.8) is 0 Å². The van der Waals surface area contributed by atoms with Gasteiger partial charge in [-0.2, -0.15) is 18.3 Å². The third-order valence-corrected chi connectivity index (χ3v) is 4.69. The number of amides is 2. The van der Waals surface area contributed by atoms with Gasteiger partial charge in [-0.05, 0) is 35.7 Å². The summed E-state index contributed by atoms with van der Waals surface area (Å²) >= 11 is 0. The minimum absolute atomic E-state index is 0.266. The van der Waals surface area contributed by atoms with Crippen molar-refractivity contribution < 1.29 is 18.0 Å². The Morgan fingerprint density at radius 1 is 1.07 bits per heavy atom. The number of fused-ring (bicyclic) bond motifs is 1. The maximum Gasteiger partial charge on any atom is 0.416 e. The lowest BCUT2D eigenvalue weighted by Gasteiger charge is -2.28. The summed E-state index contributed by atoms with van der Waals surface area (Å²) in [4.78, 5) is 14.2. The lowest BCUT2D eigenvalue weighted by Crippen LogP contribution is -2.38. The minimum atomic E-state index is -4.43. The van der Waals surface area contributed by atoms with E-state index in [1.807, 2.05) is 18.2 Å². The van der Waals surface area contributed by atoms with Gasteiger partial charge in [0.05, 0.1) is 29.3 Å². The van der Waals surface area contributed by atoms with Gasteiger partial charge >= 0.3 is 12.2 Å². The van der Waals surface area contributed by atoms with Crippen LogP contribution >= 0.6 is 0 Å². The minimum Gasteiger partial charge on any atom is -0.320 e. The first-order valence-electron chi connectivity index (χ1n) is 8.75. The molecule has 28 heavy (non-hydrogen) atoms. The molecule has 2 amide bonds. The van der Waals surface area contributed by atoms with Gasteiger partial charge in [-0.3, -0.25) is 0 Å². The number of carbonyl (C=O) groups is 1. The number of urea groups is 1. The number of aromatic nitrogens is 2. The monoisotopic (exact) mass is 386 g/mol. The van der Waals surface area contributed by atoms with Crippen LogP contribution in [0.3, 0.4) is 0 Å². The summed E-state index contributed by atoms with van der Waals surface area (Å²) in [6, 6.07) is 12.6. The summed E-state index contributed by atoms with van der Waals surface area (Å²) in [6.07, 6.45) is -0.737. The van der Waals surface area contributed by atoms with Crippen molar-refractivity contribution in [3.05, 3.63) is 77.6 Å². The van der Waals surface area contributed by atoms with Crippen LogP contribution in [0, 0.1) is 0 Å². The molecule has 0 bridgehead atoms. The molecule has 0 fully saturated rings. The van der Waals surface area contributed by atoms with Crippen molar-refractivity contribution in [1.29, 1.82) is 0 Å². The lowest BCUT2D eigenvalue weighted by atomic mass is 10.0.